The predicted octanol–water partition coefficient (Wildman–Crippen LogP) is 2.46. The van der Waals surface area contributed by atoms with Gasteiger partial charge in [-0.15, -0.1) is 0 Å². The zero-order chi connectivity index (χ0) is 20.6. The average molecular weight is 417 g/mol. The number of hydrogen-bond donors (Lipinski definition) is 2. The molecule has 2 N–H and O–H groups in total. The number of morpholine rings is 1. The minimum Gasteiger partial charge on any atom is -0.378 e. The molecule has 0 spiro atoms. The molecule has 2 aromatic rings. The minimum atomic E-state index is -0.411. The van der Waals surface area contributed by atoms with Crippen LogP contribution in [-0.2, 0) is 20.9 Å². The number of ether oxygens (including phenoxy) is 1. The first kappa shape index (κ1) is 21.1. The van der Waals surface area contributed by atoms with Crippen LogP contribution < -0.4 is 15.5 Å². The van der Waals surface area contributed by atoms with Crippen LogP contribution in [0.5, 0.6) is 0 Å². The minimum absolute atomic E-state index is 0.141. The normalized spacial score (nSPS) is 14.9. The van der Waals surface area contributed by atoms with E-state index in [2.05, 4.69) is 20.5 Å². The van der Waals surface area contributed by atoms with E-state index in [1.54, 1.807) is 18.3 Å². The molecular formula is C21H25ClN4O3. The second-order valence-electron chi connectivity index (χ2n) is 6.91. The second kappa shape index (κ2) is 10.2. The molecule has 1 aliphatic rings. The lowest BCUT2D eigenvalue weighted by Crippen LogP contribution is -2.36. The second-order valence-corrected chi connectivity index (χ2v) is 7.34. The fraction of sp³-hybridized carbons (Fsp3) is 0.381. The highest BCUT2D eigenvalue weighted by Gasteiger charge is 2.17. The summed E-state index contributed by atoms with van der Waals surface area (Å²) in [7, 11) is 0. The average Bonchev–Trinajstić information content (AvgIpc) is 2.73. The van der Waals surface area contributed by atoms with Gasteiger partial charge < -0.3 is 20.3 Å². The molecule has 7 nitrogen and oxygen atoms in total. The molecule has 1 saturated heterocycles. The Morgan fingerprint density at radius 1 is 1.21 bits per heavy atom. The number of nitrogens with zero attached hydrogens (tertiary/aromatic N) is 2. The molecule has 0 radical (unpaired) electrons. The van der Waals surface area contributed by atoms with Gasteiger partial charge in [0.05, 0.1) is 25.7 Å². The van der Waals surface area contributed by atoms with E-state index in [1.807, 2.05) is 24.3 Å². The Kier molecular flexibility index (Phi) is 7.43. The van der Waals surface area contributed by atoms with Gasteiger partial charge in [0.1, 0.15) is 5.82 Å². The summed E-state index contributed by atoms with van der Waals surface area (Å²) in [5, 5.41) is 6.36. The highest BCUT2D eigenvalue weighted by Crippen LogP contribution is 2.20. The van der Waals surface area contributed by atoms with Crippen LogP contribution in [0.3, 0.4) is 0 Å². The molecule has 1 atom stereocenters. The third-order valence-electron chi connectivity index (χ3n) is 4.67. The van der Waals surface area contributed by atoms with Gasteiger partial charge in [0.2, 0.25) is 11.8 Å². The van der Waals surface area contributed by atoms with E-state index >= 15 is 0 Å². The first-order valence-corrected chi connectivity index (χ1v) is 9.96. The lowest BCUT2D eigenvalue weighted by Gasteiger charge is -2.28. The summed E-state index contributed by atoms with van der Waals surface area (Å²) in [6, 6.07) is 10.6. The highest BCUT2D eigenvalue weighted by atomic mass is 35.5. The standard InChI is InChI=1S/C21H25ClN4O3/c1-15(27)25-19(17-2-4-18(22)5-3-17)13-21(28)24-14-16-6-7-23-20(12-16)26-8-10-29-11-9-26/h2-7,12,19H,8-11,13-14H2,1H3,(H,24,28)(H,25,27)/t19-/m1/s1. The third-order valence-corrected chi connectivity index (χ3v) is 4.93. The molecule has 0 bridgehead atoms. The third kappa shape index (κ3) is 6.44. The van der Waals surface area contributed by atoms with Crippen LogP contribution in [0.2, 0.25) is 5.02 Å². The van der Waals surface area contributed by atoms with E-state index in [4.69, 9.17) is 16.3 Å². The number of hydrogen-bond acceptors (Lipinski definition) is 5. The number of pyridine rings is 1. The molecule has 0 unspecified atom stereocenters. The summed E-state index contributed by atoms with van der Waals surface area (Å²) >= 11 is 5.93. The fourth-order valence-corrected chi connectivity index (χ4v) is 3.31. The molecule has 1 aromatic carbocycles. The van der Waals surface area contributed by atoms with E-state index < -0.39 is 6.04 Å². The van der Waals surface area contributed by atoms with E-state index in [1.165, 1.54) is 6.92 Å². The number of amides is 2. The first-order valence-electron chi connectivity index (χ1n) is 9.58. The van der Waals surface area contributed by atoms with Crippen LogP contribution in [0.1, 0.15) is 30.5 Å². The smallest absolute Gasteiger partial charge is 0.222 e. The van der Waals surface area contributed by atoms with E-state index in [0.29, 0.717) is 24.8 Å². The van der Waals surface area contributed by atoms with Gasteiger partial charge in [-0.1, -0.05) is 23.7 Å². The Bertz CT molecular complexity index is 838. The lowest BCUT2D eigenvalue weighted by molar-refractivity contribution is -0.122. The fourth-order valence-electron chi connectivity index (χ4n) is 3.19. The maximum absolute atomic E-state index is 12.5. The van der Waals surface area contributed by atoms with E-state index in [0.717, 1.165) is 30.0 Å². The Balaban J connectivity index is 1.58. The van der Waals surface area contributed by atoms with Crippen molar-refractivity contribution in [1.29, 1.82) is 0 Å². The maximum Gasteiger partial charge on any atom is 0.222 e. The van der Waals surface area contributed by atoms with Crippen molar-refractivity contribution in [3.63, 3.8) is 0 Å². The number of carbonyl (C=O) groups is 2. The van der Waals surface area contributed by atoms with Crippen LogP contribution in [0.25, 0.3) is 0 Å². The number of carbonyl (C=O) groups excluding carboxylic acids is 2. The van der Waals surface area contributed by atoms with Crippen molar-refractivity contribution in [3.05, 3.63) is 58.7 Å². The predicted molar refractivity (Wildman–Crippen MR) is 112 cm³/mol. The van der Waals surface area contributed by atoms with Gasteiger partial charge in [-0.2, -0.15) is 0 Å². The SMILES string of the molecule is CC(=O)N[C@H](CC(=O)NCc1ccnc(N2CCOCC2)c1)c1ccc(Cl)cc1. The Morgan fingerprint density at radius 2 is 1.93 bits per heavy atom. The van der Waals surface area contributed by atoms with Crippen LogP contribution in [0.4, 0.5) is 5.82 Å². The summed E-state index contributed by atoms with van der Waals surface area (Å²) in [6.07, 6.45) is 1.89. The van der Waals surface area contributed by atoms with Gasteiger partial charge in [-0.05, 0) is 35.4 Å². The summed E-state index contributed by atoms with van der Waals surface area (Å²) < 4.78 is 5.37. The van der Waals surface area contributed by atoms with Gasteiger partial charge >= 0.3 is 0 Å². The van der Waals surface area contributed by atoms with Crippen LogP contribution in [0, 0.1) is 0 Å². The Hall–Kier alpha value is -2.64. The number of anilines is 1. The molecule has 1 aliphatic heterocycles. The van der Waals surface area contributed by atoms with E-state index in [9.17, 15) is 9.59 Å². The van der Waals surface area contributed by atoms with Crippen LogP contribution in [0.15, 0.2) is 42.6 Å². The van der Waals surface area contributed by atoms with Crippen molar-refractivity contribution in [1.82, 2.24) is 15.6 Å². The Labute approximate surface area is 175 Å². The van der Waals surface area contributed by atoms with Crippen molar-refractivity contribution < 1.29 is 14.3 Å². The molecule has 154 valence electrons. The van der Waals surface area contributed by atoms with Crippen molar-refractivity contribution in [2.24, 2.45) is 0 Å². The van der Waals surface area contributed by atoms with E-state index in [-0.39, 0.29) is 18.2 Å². The molecule has 1 aromatic heterocycles. The zero-order valence-corrected chi connectivity index (χ0v) is 17.1. The van der Waals surface area contributed by atoms with Crippen molar-refractivity contribution in [3.8, 4) is 0 Å². The number of rotatable bonds is 7. The van der Waals surface area contributed by atoms with Gasteiger partial charge in [0, 0.05) is 37.8 Å². The summed E-state index contributed by atoms with van der Waals surface area (Å²) in [5.41, 5.74) is 1.80. The molecule has 0 aliphatic carbocycles. The molecule has 2 amide bonds. The van der Waals surface area contributed by atoms with Crippen LogP contribution in [-0.4, -0.2) is 43.1 Å². The summed E-state index contributed by atoms with van der Waals surface area (Å²) in [4.78, 5) is 30.6. The number of halogens is 1. The summed E-state index contributed by atoms with van der Waals surface area (Å²) in [5.74, 6) is 0.544. The summed E-state index contributed by atoms with van der Waals surface area (Å²) in [6.45, 7) is 4.83. The molecule has 2 heterocycles. The maximum atomic E-state index is 12.5. The van der Waals surface area contributed by atoms with Gasteiger partial charge in [0.25, 0.3) is 0 Å². The zero-order valence-electron chi connectivity index (χ0n) is 16.4. The van der Waals surface area contributed by atoms with Gasteiger partial charge in [-0.25, -0.2) is 4.98 Å². The topological polar surface area (TPSA) is 83.6 Å². The van der Waals surface area contributed by atoms with Crippen molar-refractivity contribution in [2.45, 2.75) is 25.9 Å². The number of benzene rings is 1. The first-order chi connectivity index (χ1) is 14.0. The highest BCUT2D eigenvalue weighted by molar-refractivity contribution is 6.30. The van der Waals surface area contributed by atoms with Gasteiger partial charge in [0.15, 0.2) is 0 Å². The van der Waals surface area contributed by atoms with Crippen LogP contribution >= 0.6 is 11.6 Å². The van der Waals surface area contributed by atoms with Crippen molar-refractivity contribution >= 4 is 29.2 Å². The molecule has 8 heteroatoms. The number of aromatic nitrogens is 1. The molecule has 1 fully saturated rings. The monoisotopic (exact) mass is 416 g/mol. The lowest BCUT2D eigenvalue weighted by atomic mass is 10.0. The molecule has 0 saturated carbocycles. The molecular weight excluding hydrogens is 392 g/mol. The molecule has 29 heavy (non-hydrogen) atoms. The largest absolute Gasteiger partial charge is 0.378 e. The van der Waals surface area contributed by atoms with Gasteiger partial charge in [-0.3, -0.25) is 9.59 Å². The quantitative estimate of drug-likeness (QED) is 0.724. The van der Waals surface area contributed by atoms with Crippen molar-refractivity contribution in [2.75, 3.05) is 31.2 Å². The Morgan fingerprint density at radius 3 is 2.62 bits per heavy atom. The molecule has 3 rings (SSSR count). The number of nitrogens with one attached hydrogen (secondary N) is 2.